The number of aromatic hydroxyl groups is 1. The molecule has 0 aliphatic rings. The average Bonchev–Trinajstić information content (AvgIpc) is 3.00. The summed E-state index contributed by atoms with van der Waals surface area (Å²) in [6, 6.07) is 9.05. The number of aliphatic hydroxyl groups excluding tert-OH is 1. The summed E-state index contributed by atoms with van der Waals surface area (Å²) in [6.07, 6.45) is -1.23. The van der Waals surface area contributed by atoms with Crippen LogP contribution in [0.4, 0.5) is 0 Å². The van der Waals surface area contributed by atoms with Crippen LogP contribution in [0.2, 0.25) is 0 Å². The molecule has 2 rings (SSSR count). The molecule has 1 aromatic carbocycles. The molecule has 1 aromatic heterocycles. The van der Waals surface area contributed by atoms with E-state index in [0.29, 0.717) is 0 Å². The molecule has 0 bridgehead atoms. The van der Waals surface area contributed by atoms with Gasteiger partial charge in [-0.1, -0.05) is 18.2 Å². The molecule has 8 heteroatoms. The molecule has 0 radical (unpaired) electrons. The van der Waals surface area contributed by atoms with E-state index in [4.69, 9.17) is 0 Å². The van der Waals surface area contributed by atoms with Crippen molar-refractivity contribution < 1.29 is 23.4 Å². The molecule has 1 atom stereocenters. The second-order valence-electron chi connectivity index (χ2n) is 4.59. The van der Waals surface area contributed by atoms with Gasteiger partial charge in [0.05, 0.1) is 17.4 Å². The fraction of sp³-hybridized carbons (Fsp3) is 0.214. The van der Waals surface area contributed by atoms with Crippen LogP contribution in [0.25, 0.3) is 0 Å². The molecule has 0 saturated carbocycles. The van der Waals surface area contributed by atoms with Gasteiger partial charge in [0.1, 0.15) is 9.96 Å². The summed E-state index contributed by atoms with van der Waals surface area (Å²) in [7, 11) is -3.57. The molecule has 2 aromatic rings. The molecule has 1 amide bonds. The number of para-hydroxylation sites is 1. The maximum absolute atomic E-state index is 12.0. The number of amides is 1. The molecule has 22 heavy (non-hydrogen) atoms. The van der Waals surface area contributed by atoms with Gasteiger partial charge in [-0.05, 0) is 23.6 Å². The van der Waals surface area contributed by atoms with E-state index in [1.165, 1.54) is 18.2 Å². The summed E-state index contributed by atoms with van der Waals surface area (Å²) in [6.45, 7) is -0.224. The van der Waals surface area contributed by atoms with E-state index in [1.807, 2.05) is 0 Å². The number of benzene rings is 1. The van der Waals surface area contributed by atoms with E-state index in [9.17, 15) is 23.4 Å². The largest absolute Gasteiger partial charge is 0.507 e. The van der Waals surface area contributed by atoms with Gasteiger partial charge in [-0.15, -0.1) is 11.3 Å². The smallest absolute Gasteiger partial charge is 0.255 e. The molecule has 0 aliphatic carbocycles. The highest BCUT2D eigenvalue weighted by atomic mass is 32.2. The third-order valence-corrected chi connectivity index (χ3v) is 6.15. The lowest BCUT2D eigenvalue weighted by molar-refractivity contribution is 0.0922. The number of aliphatic hydroxyl groups is 1. The number of hydrogen-bond donors (Lipinski definition) is 3. The fourth-order valence-corrected chi connectivity index (χ4v) is 4.29. The third kappa shape index (κ3) is 4.06. The summed E-state index contributed by atoms with van der Waals surface area (Å²) < 4.78 is 24.1. The second kappa shape index (κ2) is 6.91. The van der Waals surface area contributed by atoms with Crippen LogP contribution in [0, 0.1) is 0 Å². The van der Waals surface area contributed by atoms with Gasteiger partial charge < -0.3 is 15.5 Å². The Balaban J connectivity index is 1.92. The molecule has 0 fully saturated rings. The van der Waals surface area contributed by atoms with Gasteiger partial charge in [0.25, 0.3) is 5.91 Å². The van der Waals surface area contributed by atoms with Crippen molar-refractivity contribution in [2.45, 2.75) is 10.3 Å². The molecular weight excluding hydrogens is 326 g/mol. The Kier molecular flexibility index (Phi) is 5.17. The van der Waals surface area contributed by atoms with Gasteiger partial charge in [-0.25, -0.2) is 8.42 Å². The summed E-state index contributed by atoms with van der Waals surface area (Å²) >= 11 is 1.08. The first kappa shape index (κ1) is 16.5. The Labute approximate surface area is 132 Å². The molecular formula is C14H15NO5S2. The van der Waals surface area contributed by atoms with Crippen molar-refractivity contribution in [2.75, 3.05) is 12.3 Å². The maximum atomic E-state index is 12.0. The number of phenols is 1. The van der Waals surface area contributed by atoms with Crippen molar-refractivity contribution in [1.82, 2.24) is 5.32 Å². The van der Waals surface area contributed by atoms with E-state index in [1.54, 1.807) is 23.6 Å². The van der Waals surface area contributed by atoms with Gasteiger partial charge in [0, 0.05) is 6.54 Å². The van der Waals surface area contributed by atoms with Crippen LogP contribution in [-0.4, -0.2) is 42.9 Å². The van der Waals surface area contributed by atoms with Crippen LogP contribution in [0.5, 0.6) is 5.75 Å². The Morgan fingerprint density at radius 2 is 1.95 bits per heavy atom. The fourth-order valence-electron chi connectivity index (χ4n) is 1.81. The first-order valence-corrected chi connectivity index (χ1v) is 8.94. The van der Waals surface area contributed by atoms with Crippen molar-refractivity contribution in [3.63, 3.8) is 0 Å². The van der Waals surface area contributed by atoms with Gasteiger partial charge in [-0.3, -0.25) is 4.79 Å². The van der Waals surface area contributed by atoms with Gasteiger partial charge in [-0.2, -0.15) is 0 Å². The quantitative estimate of drug-likeness (QED) is 0.728. The second-order valence-corrected chi connectivity index (χ2v) is 7.80. The van der Waals surface area contributed by atoms with Crippen molar-refractivity contribution in [3.05, 3.63) is 47.3 Å². The minimum atomic E-state index is -3.57. The Morgan fingerprint density at radius 1 is 1.23 bits per heavy atom. The predicted molar refractivity (Wildman–Crippen MR) is 82.8 cm³/mol. The Hall–Kier alpha value is -1.90. The molecule has 0 unspecified atom stereocenters. The number of hydrogen-bond acceptors (Lipinski definition) is 6. The van der Waals surface area contributed by atoms with Crippen molar-refractivity contribution in [3.8, 4) is 5.75 Å². The summed E-state index contributed by atoms with van der Waals surface area (Å²) in [5, 5.41) is 23.4. The summed E-state index contributed by atoms with van der Waals surface area (Å²) in [5.74, 6) is -1.24. The van der Waals surface area contributed by atoms with Crippen molar-refractivity contribution in [1.29, 1.82) is 0 Å². The molecule has 0 aliphatic heterocycles. The van der Waals surface area contributed by atoms with Crippen molar-refractivity contribution in [2.24, 2.45) is 0 Å². The zero-order valence-corrected chi connectivity index (χ0v) is 13.1. The highest BCUT2D eigenvalue weighted by Crippen LogP contribution is 2.18. The number of carbonyl (C=O) groups excluding carboxylic acids is 1. The SMILES string of the molecule is O=C(NC[C@H](O)CS(=O)(=O)c1cccs1)c1ccccc1O. The molecule has 6 nitrogen and oxygen atoms in total. The lowest BCUT2D eigenvalue weighted by atomic mass is 10.2. The average molecular weight is 341 g/mol. The summed E-state index contributed by atoms with van der Waals surface area (Å²) in [4.78, 5) is 11.8. The van der Waals surface area contributed by atoms with Crippen LogP contribution in [-0.2, 0) is 9.84 Å². The molecule has 1 heterocycles. The van der Waals surface area contributed by atoms with E-state index in [-0.39, 0.29) is 22.1 Å². The number of sulfone groups is 1. The standard InChI is InChI=1S/C14H15NO5S2/c16-10(9-22(19,20)13-6-3-7-21-13)8-15-14(18)11-4-1-2-5-12(11)17/h1-7,10,16-17H,8-9H2,(H,15,18)/t10-/m0/s1. The monoisotopic (exact) mass is 341 g/mol. The highest BCUT2D eigenvalue weighted by molar-refractivity contribution is 7.93. The van der Waals surface area contributed by atoms with Gasteiger partial charge in [0.2, 0.25) is 0 Å². The molecule has 0 spiro atoms. The zero-order valence-electron chi connectivity index (χ0n) is 11.5. The Bertz CT molecular complexity index is 740. The van der Waals surface area contributed by atoms with E-state index >= 15 is 0 Å². The van der Waals surface area contributed by atoms with Crippen molar-refractivity contribution >= 4 is 27.1 Å². The lowest BCUT2D eigenvalue weighted by Crippen LogP contribution is -2.35. The van der Waals surface area contributed by atoms with Crippen LogP contribution >= 0.6 is 11.3 Å². The topological polar surface area (TPSA) is 104 Å². The Morgan fingerprint density at radius 3 is 2.59 bits per heavy atom. The van der Waals surface area contributed by atoms with E-state index in [0.717, 1.165) is 11.3 Å². The normalized spacial score (nSPS) is 12.8. The van der Waals surface area contributed by atoms with E-state index < -0.39 is 27.6 Å². The van der Waals surface area contributed by atoms with E-state index in [2.05, 4.69) is 5.32 Å². The number of rotatable bonds is 6. The first-order chi connectivity index (χ1) is 10.4. The van der Waals surface area contributed by atoms with Gasteiger partial charge in [0.15, 0.2) is 9.84 Å². The predicted octanol–water partition coefficient (Wildman–Crippen LogP) is 1.02. The van der Waals surface area contributed by atoms with Gasteiger partial charge >= 0.3 is 0 Å². The minimum Gasteiger partial charge on any atom is -0.507 e. The maximum Gasteiger partial charge on any atom is 0.255 e. The molecule has 3 N–H and O–H groups in total. The summed E-state index contributed by atoms with van der Waals surface area (Å²) in [5.41, 5.74) is 0.0656. The first-order valence-electron chi connectivity index (χ1n) is 6.40. The van der Waals surface area contributed by atoms with Crippen LogP contribution < -0.4 is 5.32 Å². The zero-order chi connectivity index (χ0) is 16.2. The van der Waals surface area contributed by atoms with Crippen LogP contribution in [0.3, 0.4) is 0 Å². The highest BCUT2D eigenvalue weighted by Gasteiger charge is 2.21. The van der Waals surface area contributed by atoms with Crippen LogP contribution in [0.1, 0.15) is 10.4 Å². The number of thiophene rings is 1. The molecule has 118 valence electrons. The lowest BCUT2D eigenvalue weighted by Gasteiger charge is -2.12. The third-order valence-electron chi connectivity index (χ3n) is 2.86. The van der Waals surface area contributed by atoms with Crippen LogP contribution in [0.15, 0.2) is 46.0 Å². The minimum absolute atomic E-state index is 0.0656. The molecule has 0 saturated heterocycles. The number of carbonyl (C=O) groups is 1. The number of phenolic OH excluding ortho intramolecular Hbond substituents is 1. The number of nitrogens with one attached hydrogen (secondary N) is 1.